The lowest BCUT2D eigenvalue weighted by Gasteiger charge is -2.49. The molecule has 4 aromatic carbocycles. The highest BCUT2D eigenvalue weighted by molar-refractivity contribution is 5.50. The minimum atomic E-state index is 0.293. The molecule has 0 aromatic heterocycles. The van der Waals surface area contributed by atoms with E-state index in [1.54, 1.807) is 67.0 Å². The van der Waals surface area contributed by atoms with Gasteiger partial charge in [-0.1, -0.05) is 127 Å². The fourth-order valence-corrected chi connectivity index (χ4v) is 7.77. The molecule has 0 atom stereocenters. The molecule has 4 nitrogen and oxygen atoms in total. The van der Waals surface area contributed by atoms with Crippen LogP contribution in [0, 0.1) is 23.7 Å². The summed E-state index contributed by atoms with van der Waals surface area (Å²) in [6.07, 6.45) is 9.62. The summed E-state index contributed by atoms with van der Waals surface area (Å²) < 4.78 is 20.2. The zero-order valence-electron chi connectivity index (χ0n) is 34.2. The fraction of sp³-hybridized carbons (Fsp3) is 0.500. The van der Waals surface area contributed by atoms with E-state index >= 15 is 0 Å². The highest BCUT2D eigenvalue weighted by Gasteiger charge is 2.41. The first-order valence-electron chi connectivity index (χ1n) is 19.4. The molecule has 4 heteroatoms. The maximum Gasteiger partial charge on any atom is 0.203 e. The first kappa shape index (κ1) is 42.5. The normalized spacial score (nSPS) is 19.3. The lowest BCUT2D eigenvalue weighted by atomic mass is 9.56. The summed E-state index contributed by atoms with van der Waals surface area (Å²) in [4.78, 5) is 0. The second-order valence-electron chi connectivity index (χ2n) is 16.2. The first-order valence-corrected chi connectivity index (χ1v) is 19.4. The molecule has 52 heavy (non-hydrogen) atoms. The molecule has 4 bridgehead atoms. The summed E-state index contributed by atoms with van der Waals surface area (Å²) in [7, 11) is 6.43. The number of para-hydroxylation sites is 2. The zero-order valence-corrected chi connectivity index (χ0v) is 34.2. The van der Waals surface area contributed by atoms with Crippen molar-refractivity contribution in [3.8, 4) is 23.0 Å². The Labute approximate surface area is 317 Å². The average molecular weight is 709 g/mol. The highest BCUT2D eigenvalue weighted by Crippen LogP contribution is 2.53. The Kier molecular flexibility index (Phi) is 17.6. The van der Waals surface area contributed by atoms with Gasteiger partial charge in [-0.2, -0.15) is 0 Å². The van der Waals surface area contributed by atoms with E-state index in [1.165, 1.54) is 40.4 Å². The van der Waals surface area contributed by atoms with Gasteiger partial charge in [-0.15, -0.1) is 0 Å². The van der Waals surface area contributed by atoms with E-state index in [4.69, 9.17) is 18.9 Å². The van der Waals surface area contributed by atoms with Crippen molar-refractivity contribution in [2.75, 3.05) is 28.4 Å². The molecule has 0 spiro atoms. The van der Waals surface area contributed by atoms with Crippen LogP contribution in [0.4, 0.5) is 0 Å². The number of ether oxygens (including phenoxy) is 4. The summed E-state index contributed by atoms with van der Waals surface area (Å²) >= 11 is 0. The van der Waals surface area contributed by atoms with Crippen LogP contribution < -0.4 is 18.9 Å². The van der Waals surface area contributed by atoms with Crippen LogP contribution in [0.15, 0.2) is 103 Å². The Morgan fingerprint density at radius 1 is 0.462 bits per heavy atom. The van der Waals surface area contributed by atoms with Gasteiger partial charge < -0.3 is 18.9 Å². The molecular formula is C48H68O4. The number of hydrogen-bond donors (Lipinski definition) is 0. The average Bonchev–Trinajstić information content (AvgIpc) is 3.15. The second-order valence-corrected chi connectivity index (χ2v) is 16.2. The van der Waals surface area contributed by atoms with E-state index in [1.807, 2.05) is 48.5 Å². The molecule has 0 aliphatic heterocycles. The minimum Gasteiger partial charge on any atom is -0.497 e. The summed E-state index contributed by atoms with van der Waals surface area (Å²) in [5, 5.41) is 0. The van der Waals surface area contributed by atoms with Gasteiger partial charge in [0.1, 0.15) is 5.75 Å². The predicted octanol–water partition coefficient (Wildman–Crippen LogP) is 13.2. The molecule has 0 amide bonds. The molecule has 4 fully saturated rings. The van der Waals surface area contributed by atoms with Gasteiger partial charge in [0, 0.05) is 0 Å². The van der Waals surface area contributed by atoms with E-state index in [-0.39, 0.29) is 0 Å². The van der Waals surface area contributed by atoms with Crippen molar-refractivity contribution in [3.05, 3.63) is 120 Å². The van der Waals surface area contributed by atoms with Gasteiger partial charge in [0.2, 0.25) is 5.75 Å². The third-order valence-electron chi connectivity index (χ3n) is 10.4. The molecule has 0 N–H and O–H groups in total. The van der Waals surface area contributed by atoms with Gasteiger partial charge in [0.05, 0.1) is 28.4 Å². The fourth-order valence-electron chi connectivity index (χ4n) is 7.77. The van der Waals surface area contributed by atoms with Crippen LogP contribution in [-0.2, 0) is 5.41 Å². The lowest BCUT2D eigenvalue weighted by molar-refractivity contribution is 0.0198. The van der Waals surface area contributed by atoms with Crippen LogP contribution >= 0.6 is 0 Å². The van der Waals surface area contributed by atoms with Crippen LogP contribution in [0.25, 0.3) is 0 Å². The maximum absolute atomic E-state index is 5.11. The van der Waals surface area contributed by atoms with Gasteiger partial charge in [0.25, 0.3) is 0 Å². The zero-order chi connectivity index (χ0) is 38.1. The third kappa shape index (κ3) is 13.9. The summed E-state index contributed by atoms with van der Waals surface area (Å²) in [6, 6.07) is 34.6. The van der Waals surface area contributed by atoms with E-state index in [0.29, 0.717) is 34.5 Å². The number of rotatable bonds is 6. The molecule has 4 saturated carbocycles. The Morgan fingerprint density at radius 2 is 0.846 bits per heavy atom. The molecule has 8 rings (SSSR count). The Balaban J connectivity index is 0.000000176. The van der Waals surface area contributed by atoms with Crippen molar-refractivity contribution in [2.24, 2.45) is 23.7 Å². The largest absolute Gasteiger partial charge is 0.497 e. The SMILES string of the molecule is C1C2CC3CC1CC(C2)C3.CC(C)(C)c1ccccc1.CC(C)c1cccc(C(C)C)c1.COc1cccc(OC)c1OC.COc1ccccc1. The maximum atomic E-state index is 5.11. The van der Waals surface area contributed by atoms with Crippen LogP contribution in [0.2, 0.25) is 0 Å². The Hall–Kier alpha value is -3.92. The number of hydrogen-bond acceptors (Lipinski definition) is 4. The standard InChI is InChI=1S/C12H18.C10H16.C10H14.C9H12O3.C7H8O/c1-9(2)11-6-5-7-12(8-11)10(3)4;1-7-2-9-4-8(1)5-10(3-7)6-9;1-10(2,3)9-7-5-4-6-8-9;1-10-7-5-4-6-8(11-2)9(7)12-3;1-8-7-5-3-2-4-6-7/h5-10H,1-4H3;7-10H,1-6H2;4-8H,1-3H3;4-6H,1-3H3;2-6H,1H3. The van der Waals surface area contributed by atoms with Crippen LogP contribution in [0.1, 0.15) is 116 Å². The van der Waals surface area contributed by atoms with Crippen molar-refractivity contribution in [2.45, 2.75) is 104 Å². The quantitative estimate of drug-likeness (QED) is 0.200. The van der Waals surface area contributed by atoms with E-state index in [9.17, 15) is 0 Å². The molecule has 4 aliphatic rings. The van der Waals surface area contributed by atoms with Crippen LogP contribution in [0.5, 0.6) is 23.0 Å². The smallest absolute Gasteiger partial charge is 0.203 e. The van der Waals surface area contributed by atoms with E-state index in [0.717, 1.165) is 5.75 Å². The van der Waals surface area contributed by atoms with Crippen molar-refractivity contribution >= 4 is 0 Å². The van der Waals surface area contributed by atoms with Gasteiger partial charge in [-0.25, -0.2) is 0 Å². The molecule has 4 aliphatic carbocycles. The van der Waals surface area contributed by atoms with Crippen LogP contribution in [0.3, 0.4) is 0 Å². The molecule has 0 radical (unpaired) electrons. The Morgan fingerprint density at radius 3 is 1.13 bits per heavy atom. The van der Waals surface area contributed by atoms with Gasteiger partial charge in [-0.05, 0) is 120 Å². The van der Waals surface area contributed by atoms with E-state index < -0.39 is 0 Å². The monoisotopic (exact) mass is 709 g/mol. The van der Waals surface area contributed by atoms with Crippen molar-refractivity contribution in [3.63, 3.8) is 0 Å². The van der Waals surface area contributed by atoms with Crippen molar-refractivity contribution < 1.29 is 18.9 Å². The molecule has 0 heterocycles. The minimum absolute atomic E-state index is 0.293. The summed E-state index contributed by atoms with van der Waals surface area (Å²) in [5.74, 6) is 8.89. The Bertz CT molecular complexity index is 1440. The second kappa shape index (κ2) is 21.6. The highest BCUT2D eigenvalue weighted by atomic mass is 16.5. The third-order valence-corrected chi connectivity index (χ3v) is 10.4. The van der Waals surface area contributed by atoms with E-state index in [2.05, 4.69) is 103 Å². The number of benzene rings is 4. The first-order chi connectivity index (χ1) is 24.9. The summed E-state index contributed by atoms with van der Waals surface area (Å²) in [5.41, 5.74) is 4.58. The van der Waals surface area contributed by atoms with Crippen molar-refractivity contribution in [1.29, 1.82) is 0 Å². The summed E-state index contributed by atoms with van der Waals surface area (Å²) in [6.45, 7) is 15.6. The molecule has 4 aromatic rings. The topological polar surface area (TPSA) is 36.9 Å². The molecule has 284 valence electrons. The predicted molar refractivity (Wildman–Crippen MR) is 221 cm³/mol. The lowest BCUT2D eigenvalue weighted by Crippen LogP contribution is -2.38. The number of methoxy groups -OCH3 is 4. The van der Waals surface area contributed by atoms with Crippen LogP contribution in [-0.4, -0.2) is 28.4 Å². The van der Waals surface area contributed by atoms with Gasteiger partial charge in [0.15, 0.2) is 11.5 Å². The molecule has 0 saturated heterocycles. The molecule has 0 unspecified atom stereocenters. The van der Waals surface area contributed by atoms with Crippen molar-refractivity contribution in [1.82, 2.24) is 0 Å². The van der Waals surface area contributed by atoms with Gasteiger partial charge in [-0.3, -0.25) is 0 Å². The molecular weight excluding hydrogens is 641 g/mol. The van der Waals surface area contributed by atoms with Gasteiger partial charge >= 0.3 is 0 Å².